The van der Waals surface area contributed by atoms with Gasteiger partial charge in [-0.05, 0) is 104 Å². The molecule has 0 aliphatic heterocycles. The van der Waals surface area contributed by atoms with Crippen LogP contribution in [0.1, 0.15) is 170 Å². The molecule has 4 aliphatic carbocycles. The highest BCUT2D eigenvalue weighted by molar-refractivity contribution is 5.27. The summed E-state index contributed by atoms with van der Waals surface area (Å²) in [5.41, 5.74) is 3.70. The Morgan fingerprint density at radius 3 is 2.08 bits per heavy atom. The van der Waals surface area contributed by atoms with Crippen LogP contribution in [0.3, 0.4) is 0 Å². The third-order valence-corrected chi connectivity index (χ3v) is 10.7. The highest BCUT2D eigenvalue weighted by atomic mass is 14.7. The minimum absolute atomic E-state index is 0. The van der Waals surface area contributed by atoms with E-state index in [9.17, 15) is 0 Å². The summed E-state index contributed by atoms with van der Waals surface area (Å²) in [6, 6.07) is 0. The van der Waals surface area contributed by atoms with Crippen molar-refractivity contribution >= 4 is 0 Å². The van der Waals surface area contributed by atoms with Crippen molar-refractivity contribution in [1.29, 1.82) is 0 Å². The van der Waals surface area contributed by atoms with Crippen molar-refractivity contribution in [3.63, 3.8) is 0 Å². The van der Waals surface area contributed by atoms with Crippen LogP contribution >= 0.6 is 0 Å². The molecule has 0 radical (unpaired) electrons. The van der Waals surface area contributed by atoms with E-state index in [0.29, 0.717) is 16.2 Å². The van der Waals surface area contributed by atoms with Gasteiger partial charge in [0.25, 0.3) is 0 Å². The molecule has 0 aromatic carbocycles. The van der Waals surface area contributed by atoms with Crippen LogP contribution in [0.2, 0.25) is 0 Å². The van der Waals surface area contributed by atoms with E-state index in [0.717, 1.165) is 23.7 Å². The van der Waals surface area contributed by atoms with E-state index in [-0.39, 0.29) is 4.28 Å². The molecule has 0 bridgehead atoms. The molecule has 220 valence electrons. The lowest BCUT2D eigenvalue weighted by Gasteiger charge is -2.64. The molecule has 36 heavy (non-hydrogen) atoms. The second-order valence-corrected chi connectivity index (χ2v) is 12.3. The summed E-state index contributed by atoms with van der Waals surface area (Å²) in [7, 11) is 0. The molecule has 0 nitrogen and oxygen atoms in total. The fraction of sp³-hybridized carbons (Fsp3) is 0.889. The maximum Gasteiger partial charge on any atom is 0 e. The Morgan fingerprint density at radius 1 is 0.861 bits per heavy atom. The Labute approximate surface area is 235 Å². The molecule has 0 saturated heterocycles. The summed E-state index contributed by atoms with van der Waals surface area (Å²) in [6.45, 7) is 30.8. The first-order valence-corrected chi connectivity index (χ1v) is 16.6. The Hall–Kier alpha value is -0.520. The molecule has 0 heterocycles. The Kier molecular flexibility index (Phi) is 16.9. The van der Waals surface area contributed by atoms with Crippen molar-refractivity contribution in [2.75, 3.05) is 0 Å². The van der Waals surface area contributed by atoms with Gasteiger partial charge in [0, 0.05) is 4.28 Å². The largest absolute Gasteiger partial charge is 0.106 e. The average molecular weight is 509 g/mol. The van der Waals surface area contributed by atoms with Crippen molar-refractivity contribution in [3.05, 3.63) is 24.8 Å². The number of hydrogen-bond donors (Lipinski definition) is 0. The van der Waals surface area contributed by atoms with E-state index in [1.165, 1.54) is 89.9 Å². The average Bonchev–Trinajstić information content (AvgIpc) is 3.28. The van der Waals surface area contributed by atoms with Gasteiger partial charge in [-0.3, -0.25) is 0 Å². The second-order valence-electron chi connectivity index (χ2n) is 12.3. The topological polar surface area (TPSA) is 0 Å². The Balaban J connectivity index is -0.000000512. The maximum atomic E-state index is 3.00. The molecular formula is C36H76. The number of hydrogen-bond acceptors (Lipinski definition) is 0. The fourth-order valence-corrected chi connectivity index (χ4v) is 9.27. The summed E-state index contributed by atoms with van der Waals surface area (Å²) in [4.78, 5) is 0. The standard InChI is InChI=1S/C28H48.3C2H6.C2H4.3H2/c1-6-28-18-10-9-13-23(28)16-19-27(5)24-15-14-22(12-8-7-11-21(2)3)26(24,4)20-17-25(27)28;4*1-2;;;/h16,21-22,24-25H,6-15,17-20H2,1-5H3;3*1-2H3;1-2H2;3*1H/t22-,24?,25?,26+,27?,28-;;;;;;;/m0......./s1. The van der Waals surface area contributed by atoms with Crippen molar-refractivity contribution in [2.45, 2.75) is 166 Å². The molecular weight excluding hydrogens is 432 g/mol. The predicted molar refractivity (Wildman–Crippen MR) is 174 cm³/mol. The summed E-state index contributed by atoms with van der Waals surface area (Å²) in [6.07, 6.45) is 23.4. The molecule has 0 aromatic heterocycles. The van der Waals surface area contributed by atoms with Crippen LogP contribution in [0, 0.1) is 39.9 Å². The van der Waals surface area contributed by atoms with Gasteiger partial charge >= 0.3 is 0 Å². The van der Waals surface area contributed by atoms with E-state index in [1.807, 2.05) is 47.1 Å². The summed E-state index contributed by atoms with van der Waals surface area (Å²) in [5.74, 6) is 3.85. The van der Waals surface area contributed by atoms with Crippen LogP contribution in [-0.4, -0.2) is 0 Å². The highest BCUT2D eigenvalue weighted by Gasteiger charge is 2.63. The van der Waals surface area contributed by atoms with Crippen molar-refractivity contribution < 1.29 is 4.28 Å². The van der Waals surface area contributed by atoms with E-state index < -0.39 is 0 Å². The SMILES string of the molecule is C=C.CC.CC.CC.CC[C@]12CCCCC1=CCC1(C)C2CC[C@@]2(C)C1CC[C@@H]2CCCCC(C)C.[HH].[HH].[HH]. The zero-order valence-corrected chi connectivity index (χ0v) is 27.2. The van der Waals surface area contributed by atoms with Crippen LogP contribution in [0.15, 0.2) is 24.8 Å². The minimum Gasteiger partial charge on any atom is -0.106 e. The van der Waals surface area contributed by atoms with E-state index >= 15 is 0 Å². The van der Waals surface area contributed by atoms with E-state index in [2.05, 4.69) is 53.9 Å². The third kappa shape index (κ3) is 7.11. The lowest BCUT2D eigenvalue weighted by atomic mass is 9.41. The van der Waals surface area contributed by atoms with Crippen molar-refractivity contribution in [1.82, 2.24) is 0 Å². The Morgan fingerprint density at radius 2 is 1.50 bits per heavy atom. The second kappa shape index (κ2) is 17.1. The molecule has 4 rings (SSSR count). The third-order valence-electron chi connectivity index (χ3n) is 10.7. The molecule has 3 fully saturated rings. The molecule has 3 saturated carbocycles. The van der Waals surface area contributed by atoms with Gasteiger partial charge < -0.3 is 0 Å². The number of allylic oxidation sites excluding steroid dienone is 2. The monoisotopic (exact) mass is 509 g/mol. The fourth-order valence-electron chi connectivity index (χ4n) is 9.27. The van der Waals surface area contributed by atoms with Crippen LogP contribution in [0.25, 0.3) is 0 Å². The summed E-state index contributed by atoms with van der Waals surface area (Å²) in [5, 5.41) is 0. The van der Waals surface area contributed by atoms with Gasteiger partial charge in [0.15, 0.2) is 0 Å². The van der Waals surface area contributed by atoms with Gasteiger partial charge in [-0.2, -0.15) is 0 Å². The van der Waals surface area contributed by atoms with Crippen LogP contribution in [0.5, 0.6) is 0 Å². The number of unbranched alkanes of at least 4 members (excludes halogenated alkanes) is 1. The molecule has 0 heteroatoms. The van der Waals surface area contributed by atoms with Gasteiger partial charge in [-0.25, -0.2) is 0 Å². The Bertz CT molecular complexity index is 614. The first kappa shape index (κ1) is 35.5. The van der Waals surface area contributed by atoms with Gasteiger partial charge in [0.2, 0.25) is 0 Å². The molecule has 3 unspecified atom stereocenters. The number of rotatable bonds is 6. The maximum absolute atomic E-state index is 3.00. The quantitative estimate of drug-likeness (QED) is 0.247. The van der Waals surface area contributed by atoms with Gasteiger partial charge in [-0.15, -0.1) is 13.2 Å². The normalized spacial score (nSPS) is 35.9. The number of fused-ring (bicyclic) bond motifs is 5. The van der Waals surface area contributed by atoms with Crippen LogP contribution in [-0.2, 0) is 0 Å². The smallest absolute Gasteiger partial charge is 0 e. The van der Waals surface area contributed by atoms with Crippen LogP contribution < -0.4 is 0 Å². The van der Waals surface area contributed by atoms with E-state index in [1.54, 1.807) is 0 Å². The first-order chi connectivity index (χ1) is 17.4. The molecule has 0 N–H and O–H groups in total. The van der Waals surface area contributed by atoms with Crippen molar-refractivity contribution in [2.24, 2.45) is 39.9 Å². The molecule has 0 aromatic rings. The van der Waals surface area contributed by atoms with Gasteiger partial charge in [0.1, 0.15) is 0 Å². The van der Waals surface area contributed by atoms with Crippen molar-refractivity contribution in [3.8, 4) is 0 Å². The van der Waals surface area contributed by atoms with Gasteiger partial charge in [-0.1, -0.05) is 113 Å². The summed E-state index contributed by atoms with van der Waals surface area (Å²) < 4.78 is 0. The van der Waals surface area contributed by atoms with Gasteiger partial charge in [0.05, 0.1) is 0 Å². The summed E-state index contributed by atoms with van der Waals surface area (Å²) >= 11 is 0. The predicted octanol–water partition coefficient (Wildman–Crippen LogP) is 13.6. The van der Waals surface area contributed by atoms with E-state index in [4.69, 9.17) is 0 Å². The highest BCUT2D eigenvalue weighted by Crippen LogP contribution is 2.72. The molecule has 0 spiro atoms. The zero-order valence-electron chi connectivity index (χ0n) is 27.2. The van der Waals surface area contributed by atoms with Crippen LogP contribution in [0.4, 0.5) is 0 Å². The lowest BCUT2D eigenvalue weighted by Crippen LogP contribution is -2.56. The molecule has 0 amide bonds. The zero-order chi connectivity index (χ0) is 28.0. The first-order valence-electron chi connectivity index (χ1n) is 16.6. The lowest BCUT2D eigenvalue weighted by molar-refractivity contribution is -0.111. The molecule has 4 aliphatic rings. The minimum atomic E-state index is 0. The molecule has 6 atom stereocenters.